The van der Waals surface area contributed by atoms with Crippen molar-refractivity contribution in [3.63, 3.8) is 0 Å². The molecule has 0 unspecified atom stereocenters. The van der Waals surface area contributed by atoms with Gasteiger partial charge in [-0.15, -0.1) is 0 Å². The van der Waals surface area contributed by atoms with Gasteiger partial charge in [-0.05, 0) is 19.4 Å². The third kappa shape index (κ3) is 2.03. The van der Waals surface area contributed by atoms with Crippen LogP contribution in [0, 0.1) is 0 Å². The topological polar surface area (TPSA) is 32.5 Å². The van der Waals surface area contributed by atoms with Gasteiger partial charge in [-0.1, -0.05) is 6.92 Å². The summed E-state index contributed by atoms with van der Waals surface area (Å²) >= 11 is 0. The third-order valence-electron chi connectivity index (χ3n) is 3.52. The van der Waals surface area contributed by atoms with E-state index in [1.165, 1.54) is 45.6 Å². The Morgan fingerprint density at radius 1 is 1.15 bits per heavy atom. The molecule has 13 heavy (non-hydrogen) atoms. The van der Waals surface area contributed by atoms with Crippen molar-refractivity contribution in [2.75, 3.05) is 32.7 Å². The van der Waals surface area contributed by atoms with E-state index in [0.717, 1.165) is 6.04 Å². The summed E-state index contributed by atoms with van der Waals surface area (Å²) in [5.74, 6) is 0. The number of likely N-dealkylation sites (N-methyl/N-ethyl adjacent to an activating group) is 1. The highest BCUT2D eigenvalue weighted by Gasteiger charge is 2.32. The first kappa shape index (κ1) is 9.44. The lowest BCUT2D eigenvalue weighted by Crippen LogP contribution is -2.56. The molecule has 76 valence electrons. The van der Waals surface area contributed by atoms with Crippen molar-refractivity contribution in [2.45, 2.75) is 31.8 Å². The van der Waals surface area contributed by atoms with Gasteiger partial charge in [0.15, 0.2) is 0 Å². The van der Waals surface area contributed by atoms with E-state index in [1.54, 1.807) is 0 Å². The molecule has 0 atom stereocenters. The van der Waals surface area contributed by atoms with Gasteiger partial charge in [0.05, 0.1) is 0 Å². The number of rotatable bonds is 2. The van der Waals surface area contributed by atoms with Crippen molar-refractivity contribution in [3.05, 3.63) is 0 Å². The summed E-state index contributed by atoms with van der Waals surface area (Å²) < 4.78 is 0. The molecule has 0 bridgehead atoms. The first-order valence-electron chi connectivity index (χ1n) is 5.51. The lowest BCUT2D eigenvalue weighted by molar-refractivity contribution is 0.0548. The Kier molecular flexibility index (Phi) is 2.86. The first-order chi connectivity index (χ1) is 6.29. The van der Waals surface area contributed by atoms with Gasteiger partial charge in [0.25, 0.3) is 0 Å². The molecule has 0 aromatic heterocycles. The van der Waals surface area contributed by atoms with Crippen LogP contribution in [0.25, 0.3) is 0 Å². The van der Waals surface area contributed by atoms with Gasteiger partial charge in [-0.2, -0.15) is 0 Å². The highest BCUT2D eigenvalue weighted by molar-refractivity contribution is 4.91. The van der Waals surface area contributed by atoms with Crippen LogP contribution in [0.3, 0.4) is 0 Å². The average molecular weight is 183 g/mol. The Morgan fingerprint density at radius 3 is 2.23 bits per heavy atom. The van der Waals surface area contributed by atoms with Crippen molar-refractivity contribution in [1.29, 1.82) is 0 Å². The fraction of sp³-hybridized carbons (Fsp3) is 1.00. The second-order valence-electron chi connectivity index (χ2n) is 4.36. The van der Waals surface area contributed by atoms with Crippen molar-refractivity contribution in [3.8, 4) is 0 Å². The fourth-order valence-corrected chi connectivity index (χ4v) is 2.37. The zero-order valence-corrected chi connectivity index (χ0v) is 8.58. The normalized spacial score (nSPS) is 37.4. The molecule has 0 aromatic carbocycles. The summed E-state index contributed by atoms with van der Waals surface area (Å²) in [7, 11) is 0. The standard InChI is InChI=1S/C10H21N3/c1-2-12-3-5-13(6-4-12)10-7-9(11)8-10/h9-10H,2-8,11H2,1H3. The fourth-order valence-electron chi connectivity index (χ4n) is 2.37. The largest absolute Gasteiger partial charge is 0.328 e. The molecule has 0 amide bonds. The van der Waals surface area contributed by atoms with Crippen LogP contribution in [-0.2, 0) is 0 Å². The minimum atomic E-state index is 0.495. The van der Waals surface area contributed by atoms with E-state index in [4.69, 9.17) is 5.73 Å². The van der Waals surface area contributed by atoms with E-state index in [1.807, 2.05) is 0 Å². The van der Waals surface area contributed by atoms with Crippen LogP contribution in [0.5, 0.6) is 0 Å². The monoisotopic (exact) mass is 183 g/mol. The zero-order valence-electron chi connectivity index (χ0n) is 8.58. The van der Waals surface area contributed by atoms with Crippen molar-refractivity contribution >= 4 is 0 Å². The van der Waals surface area contributed by atoms with Crippen molar-refractivity contribution < 1.29 is 0 Å². The molecular formula is C10H21N3. The van der Waals surface area contributed by atoms with Crippen LogP contribution in [0.15, 0.2) is 0 Å². The Labute approximate surface area is 80.9 Å². The quantitative estimate of drug-likeness (QED) is 0.660. The van der Waals surface area contributed by atoms with Crippen LogP contribution in [0.1, 0.15) is 19.8 Å². The van der Waals surface area contributed by atoms with Gasteiger partial charge < -0.3 is 10.6 Å². The zero-order chi connectivity index (χ0) is 9.26. The summed E-state index contributed by atoms with van der Waals surface area (Å²) in [6, 6.07) is 1.31. The highest BCUT2D eigenvalue weighted by Crippen LogP contribution is 2.24. The summed E-state index contributed by atoms with van der Waals surface area (Å²) in [5, 5.41) is 0. The van der Waals surface area contributed by atoms with Crippen LogP contribution in [0.2, 0.25) is 0 Å². The molecule has 0 radical (unpaired) electrons. The van der Waals surface area contributed by atoms with E-state index in [-0.39, 0.29) is 0 Å². The van der Waals surface area contributed by atoms with E-state index in [9.17, 15) is 0 Å². The Morgan fingerprint density at radius 2 is 1.77 bits per heavy atom. The number of hydrogen-bond acceptors (Lipinski definition) is 3. The Hall–Kier alpha value is -0.120. The second-order valence-corrected chi connectivity index (χ2v) is 4.36. The van der Waals surface area contributed by atoms with Crippen LogP contribution in [0.4, 0.5) is 0 Å². The van der Waals surface area contributed by atoms with Crippen LogP contribution >= 0.6 is 0 Å². The van der Waals surface area contributed by atoms with Gasteiger partial charge >= 0.3 is 0 Å². The number of nitrogens with zero attached hydrogens (tertiary/aromatic N) is 2. The third-order valence-corrected chi connectivity index (χ3v) is 3.52. The maximum Gasteiger partial charge on any atom is 0.0126 e. The molecule has 2 fully saturated rings. The van der Waals surface area contributed by atoms with Gasteiger partial charge in [0, 0.05) is 38.3 Å². The molecule has 3 heteroatoms. The Bertz CT molecular complexity index is 158. The maximum absolute atomic E-state index is 5.79. The second kappa shape index (κ2) is 3.95. The minimum absolute atomic E-state index is 0.495. The van der Waals surface area contributed by atoms with E-state index in [0.29, 0.717) is 6.04 Å². The minimum Gasteiger partial charge on any atom is -0.328 e. The van der Waals surface area contributed by atoms with E-state index in [2.05, 4.69) is 16.7 Å². The van der Waals surface area contributed by atoms with Gasteiger partial charge in [-0.25, -0.2) is 0 Å². The molecule has 1 aliphatic heterocycles. The van der Waals surface area contributed by atoms with Gasteiger partial charge in [-0.3, -0.25) is 4.90 Å². The predicted octanol–water partition coefficient (Wildman–Crippen LogP) is 0.114. The number of nitrogens with two attached hydrogens (primary N) is 1. The summed E-state index contributed by atoms with van der Waals surface area (Å²) in [5.41, 5.74) is 5.79. The molecule has 2 rings (SSSR count). The molecular weight excluding hydrogens is 162 g/mol. The van der Waals surface area contributed by atoms with E-state index < -0.39 is 0 Å². The highest BCUT2D eigenvalue weighted by atomic mass is 15.3. The van der Waals surface area contributed by atoms with Crippen LogP contribution < -0.4 is 5.73 Å². The number of hydrogen-bond donors (Lipinski definition) is 1. The molecule has 0 spiro atoms. The summed E-state index contributed by atoms with van der Waals surface area (Å²) in [6.07, 6.45) is 2.46. The number of piperazine rings is 1. The lowest BCUT2D eigenvalue weighted by atomic mass is 9.86. The lowest BCUT2D eigenvalue weighted by Gasteiger charge is -2.45. The molecule has 3 nitrogen and oxygen atoms in total. The molecule has 1 saturated carbocycles. The molecule has 1 saturated heterocycles. The average Bonchev–Trinajstić information content (AvgIpc) is 2.13. The maximum atomic E-state index is 5.79. The predicted molar refractivity (Wildman–Crippen MR) is 54.7 cm³/mol. The molecule has 0 aromatic rings. The van der Waals surface area contributed by atoms with E-state index >= 15 is 0 Å². The van der Waals surface area contributed by atoms with Crippen LogP contribution in [-0.4, -0.2) is 54.6 Å². The summed E-state index contributed by atoms with van der Waals surface area (Å²) in [4.78, 5) is 5.14. The Balaban J connectivity index is 1.72. The first-order valence-corrected chi connectivity index (χ1v) is 5.51. The van der Waals surface area contributed by atoms with Crippen molar-refractivity contribution in [2.24, 2.45) is 5.73 Å². The smallest absolute Gasteiger partial charge is 0.0126 e. The SMILES string of the molecule is CCN1CCN(C2CC(N)C2)CC1. The van der Waals surface area contributed by atoms with Gasteiger partial charge in [0.2, 0.25) is 0 Å². The molecule has 2 N–H and O–H groups in total. The molecule has 1 heterocycles. The molecule has 2 aliphatic rings. The van der Waals surface area contributed by atoms with Gasteiger partial charge in [0.1, 0.15) is 0 Å². The summed E-state index contributed by atoms with van der Waals surface area (Å²) in [6.45, 7) is 8.47. The molecule has 1 aliphatic carbocycles. The van der Waals surface area contributed by atoms with Crippen molar-refractivity contribution in [1.82, 2.24) is 9.80 Å².